The molecule has 0 aromatic rings. The van der Waals surface area contributed by atoms with Gasteiger partial charge in [-0.2, -0.15) is 0 Å². The summed E-state index contributed by atoms with van der Waals surface area (Å²) in [4.78, 5) is 24.0. The largest absolute Gasteiger partial charge is 0.481 e. The van der Waals surface area contributed by atoms with E-state index >= 15 is 0 Å². The zero-order chi connectivity index (χ0) is 14.1. The molecule has 0 aromatic carbocycles. The molecular formula is C14H26N2O3. The van der Waals surface area contributed by atoms with E-state index in [-0.39, 0.29) is 12.5 Å². The fourth-order valence-corrected chi connectivity index (χ4v) is 2.03. The van der Waals surface area contributed by atoms with E-state index in [1.165, 1.54) is 12.8 Å². The maximum atomic E-state index is 11.9. The summed E-state index contributed by atoms with van der Waals surface area (Å²) in [5, 5.41) is 11.4. The van der Waals surface area contributed by atoms with Crippen molar-refractivity contribution in [2.24, 2.45) is 5.92 Å². The molecule has 1 aliphatic carbocycles. The number of carbonyl (C=O) groups is 2. The van der Waals surface area contributed by atoms with Crippen LogP contribution in [0.25, 0.3) is 0 Å². The number of carboxylic acid groups (broad SMARTS) is 1. The Morgan fingerprint density at radius 1 is 1.21 bits per heavy atom. The number of hydrogen-bond acceptors (Lipinski definition) is 2. The summed E-state index contributed by atoms with van der Waals surface area (Å²) in [7, 11) is 0. The molecule has 110 valence electrons. The number of nitrogens with one attached hydrogen (secondary N) is 1. The molecule has 2 amide bonds. The van der Waals surface area contributed by atoms with Gasteiger partial charge in [-0.15, -0.1) is 0 Å². The molecule has 1 rings (SSSR count). The Labute approximate surface area is 115 Å². The van der Waals surface area contributed by atoms with Crippen molar-refractivity contribution in [3.8, 4) is 0 Å². The number of nitrogens with zero attached hydrogens (tertiary/aromatic N) is 1. The van der Waals surface area contributed by atoms with Crippen LogP contribution in [-0.2, 0) is 4.79 Å². The summed E-state index contributed by atoms with van der Waals surface area (Å²) >= 11 is 0. The second-order valence-corrected chi connectivity index (χ2v) is 5.27. The van der Waals surface area contributed by atoms with Crippen molar-refractivity contribution in [1.82, 2.24) is 10.2 Å². The van der Waals surface area contributed by atoms with Gasteiger partial charge in [-0.05, 0) is 38.5 Å². The summed E-state index contributed by atoms with van der Waals surface area (Å²) in [6.07, 6.45) is 6.31. The van der Waals surface area contributed by atoms with Gasteiger partial charge in [0.15, 0.2) is 0 Å². The normalized spacial score (nSPS) is 14.2. The van der Waals surface area contributed by atoms with Crippen LogP contribution in [0, 0.1) is 5.92 Å². The Morgan fingerprint density at radius 3 is 2.47 bits per heavy atom. The first-order valence-electron chi connectivity index (χ1n) is 7.38. The lowest BCUT2D eigenvalue weighted by molar-refractivity contribution is -0.137. The van der Waals surface area contributed by atoms with Crippen molar-refractivity contribution in [3.05, 3.63) is 0 Å². The lowest BCUT2D eigenvalue weighted by Crippen LogP contribution is -2.41. The smallest absolute Gasteiger partial charge is 0.317 e. The second kappa shape index (κ2) is 8.77. The fourth-order valence-electron chi connectivity index (χ4n) is 2.03. The number of hydrogen-bond donors (Lipinski definition) is 2. The van der Waals surface area contributed by atoms with Crippen LogP contribution >= 0.6 is 0 Å². The van der Waals surface area contributed by atoms with Gasteiger partial charge in [0, 0.05) is 26.1 Å². The SMILES string of the molecule is CCN(CC1CC1)C(=O)NCCCCCCC(=O)O. The highest BCUT2D eigenvalue weighted by atomic mass is 16.4. The molecule has 2 N–H and O–H groups in total. The summed E-state index contributed by atoms with van der Waals surface area (Å²) in [5.41, 5.74) is 0. The van der Waals surface area contributed by atoms with Gasteiger partial charge < -0.3 is 15.3 Å². The molecule has 0 saturated heterocycles. The highest BCUT2D eigenvalue weighted by Crippen LogP contribution is 2.29. The number of aliphatic carboxylic acids is 1. The lowest BCUT2D eigenvalue weighted by atomic mass is 10.1. The van der Waals surface area contributed by atoms with Crippen molar-refractivity contribution in [3.63, 3.8) is 0 Å². The van der Waals surface area contributed by atoms with Crippen molar-refractivity contribution >= 4 is 12.0 Å². The summed E-state index contributed by atoms with van der Waals surface area (Å²) in [6, 6.07) is 0.0416. The van der Waals surface area contributed by atoms with Gasteiger partial charge in [-0.25, -0.2) is 4.79 Å². The Morgan fingerprint density at radius 2 is 1.89 bits per heavy atom. The first-order chi connectivity index (χ1) is 9.13. The summed E-state index contributed by atoms with van der Waals surface area (Å²) in [5.74, 6) is -0.00585. The van der Waals surface area contributed by atoms with Gasteiger partial charge in [0.2, 0.25) is 0 Å². The minimum Gasteiger partial charge on any atom is -0.481 e. The van der Waals surface area contributed by atoms with Crippen LogP contribution in [0.2, 0.25) is 0 Å². The van der Waals surface area contributed by atoms with Crippen LogP contribution in [-0.4, -0.2) is 41.6 Å². The van der Waals surface area contributed by atoms with Gasteiger partial charge >= 0.3 is 12.0 Å². The quantitative estimate of drug-likeness (QED) is 0.599. The first kappa shape index (κ1) is 15.8. The van der Waals surface area contributed by atoms with E-state index in [9.17, 15) is 9.59 Å². The van der Waals surface area contributed by atoms with Crippen LogP contribution in [0.15, 0.2) is 0 Å². The predicted molar refractivity (Wildman–Crippen MR) is 74.1 cm³/mol. The third kappa shape index (κ3) is 7.70. The second-order valence-electron chi connectivity index (χ2n) is 5.27. The van der Waals surface area contributed by atoms with Crippen molar-refractivity contribution in [2.75, 3.05) is 19.6 Å². The molecule has 0 unspecified atom stereocenters. The van der Waals surface area contributed by atoms with Gasteiger partial charge in [-0.3, -0.25) is 4.79 Å². The summed E-state index contributed by atoms with van der Waals surface area (Å²) in [6.45, 7) is 4.35. The van der Waals surface area contributed by atoms with Gasteiger partial charge in [0.05, 0.1) is 0 Å². The third-order valence-electron chi connectivity index (χ3n) is 3.44. The van der Waals surface area contributed by atoms with Crippen LogP contribution in [0.3, 0.4) is 0 Å². The number of unbranched alkanes of at least 4 members (excludes halogenated alkanes) is 3. The Hall–Kier alpha value is -1.26. The molecule has 1 saturated carbocycles. The minimum atomic E-state index is -0.730. The molecular weight excluding hydrogens is 244 g/mol. The number of carboxylic acids is 1. The molecule has 0 radical (unpaired) electrons. The van der Waals surface area contributed by atoms with E-state index in [1.807, 2.05) is 11.8 Å². The Balaban J connectivity index is 1.97. The van der Waals surface area contributed by atoms with E-state index in [2.05, 4.69) is 5.32 Å². The molecule has 1 aliphatic rings. The molecule has 0 bridgehead atoms. The van der Waals surface area contributed by atoms with Crippen LogP contribution < -0.4 is 5.32 Å². The number of carbonyl (C=O) groups excluding carboxylic acids is 1. The highest BCUT2D eigenvalue weighted by Gasteiger charge is 2.25. The average molecular weight is 270 g/mol. The van der Waals surface area contributed by atoms with E-state index in [0.29, 0.717) is 6.54 Å². The molecule has 19 heavy (non-hydrogen) atoms. The zero-order valence-corrected chi connectivity index (χ0v) is 11.9. The van der Waals surface area contributed by atoms with Crippen LogP contribution in [0.4, 0.5) is 4.79 Å². The van der Waals surface area contributed by atoms with E-state index < -0.39 is 5.97 Å². The molecule has 0 heterocycles. The maximum Gasteiger partial charge on any atom is 0.317 e. The molecule has 5 nitrogen and oxygen atoms in total. The van der Waals surface area contributed by atoms with E-state index in [1.54, 1.807) is 0 Å². The number of urea groups is 1. The van der Waals surface area contributed by atoms with Crippen LogP contribution in [0.1, 0.15) is 51.9 Å². The molecule has 0 aromatic heterocycles. The maximum absolute atomic E-state index is 11.9. The molecule has 0 spiro atoms. The van der Waals surface area contributed by atoms with Gasteiger partial charge in [-0.1, -0.05) is 12.8 Å². The number of amides is 2. The van der Waals surface area contributed by atoms with E-state index in [0.717, 1.165) is 44.7 Å². The molecule has 1 fully saturated rings. The molecule has 0 aliphatic heterocycles. The van der Waals surface area contributed by atoms with Gasteiger partial charge in [0.25, 0.3) is 0 Å². The first-order valence-corrected chi connectivity index (χ1v) is 7.38. The third-order valence-corrected chi connectivity index (χ3v) is 3.44. The molecule has 5 heteroatoms. The number of rotatable bonds is 10. The van der Waals surface area contributed by atoms with Crippen LogP contribution in [0.5, 0.6) is 0 Å². The zero-order valence-electron chi connectivity index (χ0n) is 11.9. The van der Waals surface area contributed by atoms with Gasteiger partial charge in [0.1, 0.15) is 0 Å². The topological polar surface area (TPSA) is 69.6 Å². The van der Waals surface area contributed by atoms with Crippen molar-refractivity contribution in [2.45, 2.75) is 51.9 Å². The van der Waals surface area contributed by atoms with Crippen molar-refractivity contribution in [1.29, 1.82) is 0 Å². The minimum absolute atomic E-state index is 0.0416. The predicted octanol–water partition coefficient (Wildman–Crippen LogP) is 2.46. The molecule has 0 atom stereocenters. The standard InChI is InChI=1S/C14H26N2O3/c1-2-16(11-12-8-9-12)14(19)15-10-6-4-3-5-7-13(17)18/h12H,2-11H2,1H3,(H,15,19)(H,17,18). The Kier molecular flexibility index (Phi) is 7.30. The van der Waals surface area contributed by atoms with E-state index in [4.69, 9.17) is 5.11 Å². The Bertz CT molecular complexity index is 290. The lowest BCUT2D eigenvalue weighted by Gasteiger charge is -2.21. The fraction of sp³-hybridized carbons (Fsp3) is 0.857. The average Bonchev–Trinajstić information content (AvgIpc) is 3.18. The monoisotopic (exact) mass is 270 g/mol. The summed E-state index contributed by atoms with van der Waals surface area (Å²) < 4.78 is 0. The highest BCUT2D eigenvalue weighted by molar-refractivity contribution is 5.74. The van der Waals surface area contributed by atoms with Crippen molar-refractivity contribution < 1.29 is 14.7 Å².